The fraction of sp³-hybridized carbons (Fsp3) is 0.333. The Morgan fingerprint density at radius 2 is 1.96 bits per heavy atom. The maximum atomic E-state index is 11.1. The number of aliphatic hydroxyl groups is 1. The normalized spacial score (nSPS) is 24.9. The first-order chi connectivity index (χ1) is 12.2. The summed E-state index contributed by atoms with van der Waals surface area (Å²) in [5, 5.41) is 14.6. The SMILES string of the molecule is O[C@]1(/C=C/c2ccc3c(c2)OCO3)CCC[C@@H]1NCc1ccccc1. The average molecular weight is 337 g/mol. The van der Waals surface area contributed by atoms with Crippen LogP contribution in [0.2, 0.25) is 0 Å². The van der Waals surface area contributed by atoms with Gasteiger partial charge in [-0.2, -0.15) is 0 Å². The van der Waals surface area contributed by atoms with Crippen molar-refractivity contribution < 1.29 is 14.6 Å². The fourth-order valence-electron chi connectivity index (χ4n) is 3.59. The molecule has 0 spiro atoms. The first-order valence-corrected chi connectivity index (χ1v) is 8.81. The maximum absolute atomic E-state index is 11.1. The zero-order valence-corrected chi connectivity index (χ0v) is 14.2. The molecule has 0 unspecified atom stereocenters. The molecule has 25 heavy (non-hydrogen) atoms. The predicted octanol–water partition coefficient (Wildman–Crippen LogP) is 3.50. The number of hydrogen-bond acceptors (Lipinski definition) is 4. The molecular weight excluding hydrogens is 314 g/mol. The highest BCUT2D eigenvalue weighted by molar-refractivity contribution is 5.57. The van der Waals surface area contributed by atoms with E-state index in [2.05, 4.69) is 17.4 Å². The molecule has 2 aromatic carbocycles. The van der Waals surface area contributed by atoms with Gasteiger partial charge in [0.2, 0.25) is 6.79 Å². The minimum Gasteiger partial charge on any atom is -0.454 e. The Labute approximate surface area is 148 Å². The van der Waals surface area contributed by atoms with E-state index in [1.54, 1.807) is 0 Å². The number of fused-ring (bicyclic) bond motifs is 1. The second-order valence-electron chi connectivity index (χ2n) is 6.75. The summed E-state index contributed by atoms with van der Waals surface area (Å²) in [6.07, 6.45) is 6.69. The van der Waals surface area contributed by atoms with Crippen LogP contribution in [0.25, 0.3) is 6.08 Å². The average Bonchev–Trinajstić information content (AvgIpc) is 3.25. The molecule has 1 saturated carbocycles. The molecule has 2 atom stereocenters. The minimum absolute atomic E-state index is 0.0676. The van der Waals surface area contributed by atoms with Crippen LogP contribution in [0.3, 0.4) is 0 Å². The Morgan fingerprint density at radius 1 is 1.12 bits per heavy atom. The van der Waals surface area contributed by atoms with Crippen LogP contribution in [-0.4, -0.2) is 23.5 Å². The predicted molar refractivity (Wildman–Crippen MR) is 97.5 cm³/mol. The van der Waals surface area contributed by atoms with Crippen molar-refractivity contribution in [2.45, 2.75) is 37.5 Å². The van der Waals surface area contributed by atoms with Crippen LogP contribution in [-0.2, 0) is 6.54 Å². The van der Waals surface area contributed by atoms with E-state index in [0.29, 0.717) is 0 Å². The van der Waals surface area contributed by atoms with Gasteiger partial charge in [0.1, 0.15) is 0 Å². The van der Waals surface area contributed by atoms with Crippen LogP contribution in [0.15, 0.2) is 54.6 Å². The summed E-state index contributed by atoms with van der Waals surface area (Å²) in [5.41, 5.74) is 1.42. The molecule has 0 radical (unpaired) electrons. The van der Waals surface area contributed by atoms with Crippen LogP contribution in [0.5, 0.6) is 11.5 Å². The summed E-state index contributed by atoms with van der Waals surface area (Å²) >= 11 is 0. The van der Waals surface area contributed by atoms with Gasteiger partial charge in [-0.15, -0.1) is 0 Å². The van der Waals surface area contributed by atoms with Gasteiger partial charge < -0.3 is 19.9 Å². The van der Waals surface area contributed by atoms with Crippen LogP contribution >= 0.6 is 0 Å². The van der Waals surface area contributed by atoms with Crippen molar-refractivity contribution in [1.29, 1.82) is 0 Å². The van der Waals surface area contributed by atoms with Crippen molar-refractivity contribution in [2.24, 2.45) is 0 Å². The van der Waals surface area contributed by atoms with Gasteiger partial charge in [0, 0.05) is 12.6 Å². The van der Waals surface area contributed by atoms with E-state index in [1.807, 2.05) is 48.6 Å². The molecule has 130 valence electrons. The zero-order valence-electron chi connectivity index (χ0n) is 14.2. The van der Waals surface area contributed by atoms with Crippen molar-refractivity contribution in [1.82, 2.24) is 5.32 Å². The quantitative estimate of drug-likeness (QED) is 0.877. The molecule has 2 aliphatic rings. The van der Waals surface area contributed by atoms with Crippen molar-refractivity contribution in [3.63, 3.8) is 0 Å². The van der Waals surface area contributed by atoms with Crippen molar-refractivity contribution >= 4 is 6.08 Å². The molecule has 0 aromatic heterocycles. The highest BCUT2D eigenvalue weighted by Gasteiger charge is 2.38. The van der Waals surface area contributed by atoms with Gasteiger partial charge in [-0.05, 0) is 42.5 Å². The minimum atomic E-state index is -0.814. The first kappa shape index (κ1) is 16.2. The summed E-state index contributed by atoms with van der Waals surface area (Å²) in [6, 6.07) is 16.2. The molecule has 0 bridgehead atoms. The Balaban J connectivity index is 1.44. The first-order valence-electron chi connectivity index (χ1n) is 8.81. The largest absolute Gasteiger partial charge is 0.454 e. The summed E-state index contributed by atoms with van der Waals surface area (Å²) < 4.78 is 10.8. The Bertz CT molecular complexity index is 759. The molecule has 0 saturated heterocycles. The van der Waals surface area contributed by atoms with E-state index in [9.17, 15) is 5.11 Å². The topological polar surface area (TPSA) is 50.7 Å². The Hall–Kier alpha value is -2.30. The van der Waals surface area contributed by atoms with Gasteiger partial charge in [0.25, 0.3) is 0 Å². The molecule has 2 N–H and O–H groups in total. The molecule has 1 aliphatic carbocycles. The lowest BCUT2D eigenvalue weighted by molar-refractivity contribution is 0.0691. The second kappa shape index (κ2) is 6.90. The van der Waals surface area contributed by atoms with Crippen LogP contribution in [0.1, 0.15) is 30.4 Å². The highest BCUT2D eigenvalue weighted by atomic mass is 16.7. The van der Waals surface area contributed by atoms with E-state index < -0.39 is 5.60 Å². The van der Waals surface area contributed by atoms with Gasteiger partial charge in [-0.3, -0.25) is 0 Å². The molecule has 1 fully saturated rings. The lowest BCUT2D eigenvalue weighted by atomic mass is 9.95. The molecule has 4 heteroatoms. The number of ether oxygens (including phenoxy) is 2. The van der Waals surface area contributed by atoms with Crippen LogP contribution < -0.4 is 14.8 Å². The van der Waals surface area contributed by atoms with Crippen molar-refractivity contribution in [3.05, 3.63) is 65.7 Å². The van der Waals surface area contributed by atoms with Crippen molar-refractivity contribution in [3.8, 4) is 11.5 Å². The Morgan fingerprint density at radius 3 is 2.84 bits per heavy atom. The van der Waals surface area contributed by atoms with E-state index >= 15 is 0 Å². The van der Waals surface area contributed by atoms with E-state index in [1.165, 1.54) is 5.56 Å². The van der Waals surface area contributed by atoms with Gasteiger partial charge in [0.05, 0.1) is 5.60 Å². The Kier molecular flexibility index (Phi) is 4.47. The van der Waals surface area contributed by atoms with E-state index in [4.69, 9.17) is 9.47 Å². The lowest BCUT2D eigenvalue weighted by Gasteiger charge is -2.28. The zero-order chi connectivity index (χ0) is 17.1. The summed E-state index contributed by atoms with van der Waals surface area (Å²) in [4.78, 5) is 0. The smallest absolute Gasteiger partial charge is 0.231 e. The highest BCUT2D eigenvalue weighted by Crippen LogP contribution is 2.35. The number of benzene rings is 2. The van der Waals surface area contributed by atoms with E-state index in [-0.39, 0.29) is 12.8 Å². The third-order valence-electron chi connectivity index (χ3n) is 5.03. The van der Waals surface area contributed by atoms with Gasteiger partial charge >= 0.3 is 0 Å². The monoisotopic (exact) mass is 337 g/mol. The fourth-order valence-corrected chi connectivity index (χ4v) is 3.59. The summed E-state index contributed by atoms with van der Waals surface area (Å²) in [5.74, 6) is 1.54. The molecule has 4 nitrogen and oxygen atoms in total. The molecule has 4 rings (SSSR count). The molecule has 1 heterocycles. The molecule has 2 aromatic rings. The third kappa shape index (κ3) is 3.55. The number of hydrogen-bond donors (Lipinski definition) is 2. The standard InChI is InChI=1S/C21H23NO3/c23-21(12-10-16-8-9-18-19(13-16)25-15-24-18)11-4-7-20(21)22-14-17-5-2-1-3-6-17/h1-3,5-6,8-10,12-13,20,22-23H,4,7,11,14-15H2/b12-10+/t20-,21-/m0/s1. The van der Waals surface area contributed by atoms with Gasteiger partial charge in [-0.25, -0.2) is 0 Å². The number of rotatable bonds is 5. The second-order valence-corrected chi connectivity index (χ2v) is 6.75. The third-order valence-corrected chi connectivity index (χ3v) is 5.03. The number of nitrogens with one attached hydrogen (secondary N) is 1. The van der Waals surface area contributed by atoms with Gasteiger partial charge in [0.15, 0.2) is 11.5 Å². The lowest BCUT2D eigenvalue weighted by Crippen LogP contribution is -2.45. The molecular formula is C21H23NO3. The molecule has 1 aliphatic heterocycles. The maximum Gasteiger partial charge on any atom is 0.231 e. The van der Waals surface area contributed by atoms with Crippen LogP contribution in [0.4, 0.5) is 0 Å². The van der Waals surface area contributed by atoms with Gasteiger partial charge in [-0.1, -0.05) is 48.6 Å². The van der Waals surface area contributed by atoms with Crippen LogP contribution in [0, 0.1) is 0 Å². The summed E-state index contributed by atoms with van der Waals surface area (Å²) in [6.45, 7) is 1.05. The van der Waals surface area contributed by atoms with E-state index in [0.717, 1.165) is 42.9 Å². The molecule has 0 amide bonds. The summed E-state index contributed by atoms with van der Waals surface area (Å²) in [7, 11) is 0. The van der Waals surface area contributed by atoms with Crippen molar-refractivity contribution in [2.75, 3.05) is 6.79 Å².